The summed E-state index contributed by atoms with van der Waals surface area (Å²) in [5.74, 6) is 1.56. The lowest BCUT2D eigenvalue weighted by Gasteiger charge is -2.26. The number of benzene rings is 2. The van der Waals surface area contributed by atoms with Crippen LogP contribution in [0.25, 0.3) is 0 Å². The molecule has 0 aliphatic carbocycles. The summed E-state index contributed by atoms with van der Waals surface area (Å²) in [7, 11) is -0.794. The molecule has 2 unspecified atom stereocenters. The molecule has 1 aliphatic rings. The summed E-state index contributed by atoms with van der Waals surface area (Å²) < 4.78 is 10.6. The average Bonchev–Trinajstić information content (AvgIpc) is 3.15. The Morgan fingerprint density at radius 2 is 1.83 bits per heavy atom. The smallest absolute Gasteiger partial charge is 0.351 e. The fourth-order valence-electron chi connectivity index (χ4n) is 3.64. The van der Waals surface area contributed by atoms with Crippen molar-refractivity contribution in [3.63, 3.8) is 0 Å². The van der Waals surface area contributed by atoms with Gasteiger partial charge in [0.2, 0.25) is 0 Å². The predicted octanol–water partition coefficient (Wildman–Crippen LogP) is 4.47. The molecule has 150 valence electrons. The molecule has 1 heterocycles. The van der Waals surface area contributed by atoms with Crippen LogP contribution in [0.2, 0.25) is 0 Å². The average molecular weight is 411 g/mol. The number of rotatable bonds is 7. The van der Waals surface area contributed by atoms with Crippen LogP contribution < -0.4 is 10.0 Å². The molecule has 0 fully saturated rings. The molecule has 6 heteroatoms. The highest BCUT2D eigenvalue weighted by molar-refractivity contribution is 7.87. The molecule has 2 aromatic rings. The second-order valence-corrected chi connectivity index (χ2v) is 10.6. The van der Waals surface area contributed by atoms with Crippen molar-refractivity contribution < 1.29 is 24.2 Å². The van der Waals surface area contributed by atoms with Gasteiger partial charge in [0, 0.05) is 12.5 Å². The molecule has 1 N–H and O–H groups in total. The van der Waals surface area contributed by atoms with E-state index in [1.54, 1.807) is 24.3 Å². The van der Waals surface area contributed by atoms with Crippen LogP contribution in [0.3, 0.4) is 0 Å². The van der Waals surface area contributed by atoms with E-state index in [4.69, 9.17) is 9.47 Å². The van der Waals surface area contributed by atoms with E-state index in [-0.39, 0.29) is 5.75 Å². The standard InChI is InChI=1S/C23H23O5P/c1-17-12-13-29(16-17,19-9-4-3-5-10-19)21(23(26)27-2)14-22(25)28-20-11-7-6-8-18(20)15-24/h3-11,14-16,21H,12-13H2,1-2H3/p+1/b22-14+. The van der Waals surface area contributed by atoms with Crippen molar-refractivity contribution in [2.45, 2.75) is 19.0 Å². The van der Waals surface area contributed by atoms with Crippen LogP contribution in [0.5, 0.6) is 5.75 Å². The Morgan fingerprint density at radius 1 is 1.14 bits per heavy atom. The van der Waals surface area contributed by atoms with Gasteiger partial charge in [0.15, 0.2) is 11.9 Å². The van der Waals surface area contributed by atoms with E-state index in [1.807, 2.05) is 30.3 Å². The van der Waals surface area contributed by atoms with Crippen LogP contribution in [0.4, 0.5) is 0 Å². The van der Waals surface area contributed by atoms with Crippen LogP contribution in [-0.4, -0.2) is 36.3 Å². The summed E-state index contributed by atoms with van der Waals surface area (Å²) in [5, 5.41) is 11.6. The van der Waals surface area contributed by atoms with Gasteiger partial charge in [-0.3, -0.25) is 4.79 Å². The Kier molecular flexibility index (Phi) is 6.50. The number of carbonyl (C=O) groups is 2. The van der Waals surface area contributed by atoms with Gasteiger partial charge < -0.3 is 14.6 Å². The first-order valence-electron chi connectivity index (χ1n) is 9.32. The molecular weight excluding hydrogens is 387 g/mol. The van der Waals surface area contributed by atoms with Crippen molar-refractivity contribution in [2.75, 3.05) is 13.3 Å². The molecular formula is C23H24O5P+. The summed E-state index contributed by atoms with van der Waals surface area (Å²) >= 11 is 0. The zero-order chi connectivity index (χ0) is 20.9. The molecule has 0 saturated heterocycles. The Morgan fingerprint density at radius 3 is 2.45 bits per heavy atom. The lowest BCUT2D eigenvalue weighted by atomic mass is 10.2. The van der Waals surface area contributed by atoms with Gasteiger partial charge >= 0.3 is 5.97 Å². The number of aldehydes is 1. The number of para-hydroxylation sites is 1. The topological polar surface area (TPSA) is 72.8 Å². The van der Waals surface area contributed by atoms with E-state index < -0.39 is 24.8 Å². The lowest BCUT2D eigenvalue weighted by Crippen LogP contribution is -2.30. The van der Waals surface area contributed by atoms with Gasteiger partial charge in [0.25, 0.3) is 5.95 Å². The molecule has 29 heavy (non-hydrogen) atoms. The third-order valence-electron chi connectivity index (χ3n) is 5.06. The molecule has 2 atom stereocenters. The highest BCUT2D eigenvalue weighted by atomic mass is 31.2. The summed E-state index contributed by atoms with van der Waals surface area (Å²) in [6.07, 6.45) is 3.78. The van der Waals surface area contributed by atoms with Crippen molar-refractivity contribution in [1.29, 1.82) is 0 Å². The first kappa shape index (κ1) is 20.8. The maximum atomic E-state index is 12.8. The molecule has 3 rings (SSSR count). The Balaban J connectivity index is 2.04. The van der Waals surface area contributed by atoms with E-state index in [2.05, 4.69) is 12.7 Å². The van der Waals surface area contributed by atoms with Crippen LogP contribution in [0.1, 0.15) is 23.7 Å². The highest BCUT2D eigenvalue weighted by Crippen LogP contribution is 2.68. The number of hydrogen-bond acceptors (Lipinski definition) is 5. The first-order chi connectivity index (χ1) is 14.0. The van der Waals surface area contributed by atoms with Crippen LogP contribution in [0.15, 0.2) is 78.0 Å². The Labute approximate surface area is 171 Å². The normalized spacial score (nSPS) is 19.9. The zero-order valence-corrected chi connectivity index (χ0v) is 17.3. The SMILES string of the molecule is COC(=O)C(/C=C(\O)Oc1ccccc1C=O)[P+]1(c2ccccc2)C=C(C)CC1. The minimum absolute atomic E-state index is 0.227. The van der Waals surface area contributed by atoms with E-state index in [0.717, 1.165) is 17.9 Å². The van der Waals surface area contributed by atoms with Gasteiger partial charge in [-0.1, -0.05) is 30.3 Å². The van der Waals surface area contributed by atoms with Crippen LogP contribution in [-0.2, 0) is 9.53 Å². The minimum Gasteiger partial charge on any atom is -0.481 e. The highest BCUT2D eigenvalue weighted by Gasteiger charge is 2.53. The number of ether oxygens (including phenoxy) is 2. The monoisotopic (exact) mass is 411 g/mol. The molecule has 0 aromatic heterocycles. The minimum atomic E-state index is -2.14. The van der Waals surface area contributed by atoms with Crippen molar-refractivity contribution in [3.8, 4) is 5.75 Å². The van der Waals surface area contributed by atoms with E-state index in [1.165, 1.54) is 18.8 Å². The summed E-state index contributed by atoms with van der Waals surface area (Å²) in [5.41, 5.74) is 0.846. The first-order valence-corrected chi connectivity index (χ1v) is 11.4. The molecule has 0 saturated carbocycles. The van der Waals surface area contributed by atoms with Crippen molar-refractivity contribution in [3.05, 3.63) is 83.6 Å². The molecule has 0 bridgehead atoms. The number of allylic oxidation sites excluding steroid dienone is 1. The zero-order valence-electron chi connectivity index (χ0n) is 16.4. The third kappa shape index (κ3) is 4.41. The Hall–Kier alpha value is -2.91. The summed E-state index contributed by atoms with van der Waals surface area (Å²) in [6, 6.07) is 16.5. The van der Waals surface area contributed by atoms with E-state index in [9.17, 15) is 14.7 Å². The van der Waals surface area contributed by atoms with Crippen molar-refractivity contribution >= 4 is 24.8 Å². The molecule has 0 spiro atoms. The molecule has 1 aliphatic heterocycles. The number of aliphatic hydroxyl groups excluding tert-OH is 1. The third-order valence-corrected chi connectivity index (χ3v) is 9.54. The molecule has 5 nitrogen and oxygen atoms in total. The van der Waals surface area contributed by atoms with Crippen LogP contribution >= 0.6 is 7.26 Å². The fourth-order valence-corrected chi connectivity index (χ4v) is 8.17. The number of methoxy groups -OCH3 is 1. The van der Waals surface area contributed by atoms with Gasteiger partial charge in [-0.05, 0) is 36.8 Å². The number of aliphatic hydroxyl groups is 1. The Bertz CT molecular complexity index is 951. The predicted molar refractivity (Wildman–Crippen MR) is 115 cm³/mol. The lowest BCUT2D eigenvalue weighted by molar-refractivity contribution is -0.139. The largest absolute Gasteiger partial charge is 0.481 e. The molecule has 2 aromatic carbocycles. The maximum absolute atomic E-state index is 12.8. The maximum Gasteiger partial charge on any atom is 0.351 e. The van der Waals surface area contributed by atoms with Gasteiger partial charge in [-0.2, -0.15) is 0 Å². The summed E-state index contributed by atoms with van der Waals surface area (Å²) in [6.45, 7) is 2.05. The molecule has 0 amide bonds. The number of carbonyl (C=O) groups excluding carboxylic acids is 2. The number of hydrogen-bond donors (Lipinski definition) is 1. The van der Waals surface area contributed by atoms with Crippen molar-refractivity contribution in [2.24, 2.45) is 0 Å². The van der Waals surface area contributed by atoms with E-state index in [0.29, 0.717) is 11.8 Å². The second-order valence-electron chi connectivity index (χ2n) is 6.95. The van der Waals surface area contributed by atoms with Crippen LogP contribution in [0, 0.1) is 0 Å². The fraction of sp³-hybridized carbons (Fsp3) is 0.217. The van der Waals surface area contributed by atoms with Gasteiger partial charge in [0.05, 0.1) is 37.2 Å². The van der Waals surface area contributed by atoms with Crippen molar-refractivity contribution in [1.82, 2.24) is 0 Å². The van der Waals surface area contributed by atoms with Gasteiger partial charge in [-0.15, -0.1) is 0 Å². The number of esters is 1. The molecule has 0 radical (unpaired) electrons. The van der Waals surface area contributed by atoms with Gasteiger partial charge in [-0.25, -0.2) is 4.79 Å². The quantitative estimate of drug-likeness (QED) is 0.315. The van der Waals surface area contributed by atoms with E-state index >= 15 is 0 Å². The summed E-state index contributed by atoms with van der Waals surface area (Å²) in [4.78, 5) is 24.0. The van der Waals surface area contributed by atoms with Gasteiger partial charge in [0.1, 0.15) is 5.75 Å². The second kappa shape index (κ2) is 9.06.